The minimum Gasteiger partial charge on any atom is -0.506 e. The number of nitrogens with zero attached hydrogens (tertiary/aromatic N) is 2. The SMILES string of the molecule is N#Cc1ccc(C(=O)N2CCCc3cccc(O)c32)cc1. The lowest BCUT2D eigenvalue weighted by molar-refractivity contribution is 0.0984. The van der Waals surface area contributed by atoms with E-state index in [1.807, 2.05) is 12.1 Å². The number of amides is 1. The number of aromatic hydroxyl groups is 1. The Labute approximate surface area is 122 Å². The van der Waals surface area contributed by atoms with Crippen molar-refractivity contribution in [3.05, 3.63) is 59.2 Å². The number of nitriles is 1. The molecule has 0 aliphatic carbocycles. The normalized spacial score (nSPS) is 13.4. The summed E-state index contributed by atoms with van der Waals surface area (Å²) in [6, 6.07) is 13.9. The molecule has 0 unspecified atom stereocenters. The second kappa shape index (κ2) is 5.29. The third-order valence-corrected chi connectivity index (χ3v) is 3.70. The molecule has 2 aromatic rings. The number of aryl methyl sites for hydroxylation is 1. The zero-order valence-electron chi connectivity index (χ0n) is 11.4. The van der Waals surface area contributed by atoms with Crippen LogP contribution in [0.15, 0.2) is 42.5 Å². The minimum atomic E-state index is -0.151. The van der Waals surface area contributed by atoms with Crippen LogP contribution in [0.4, 0.5) is 5.69 Å². The number of benzene rings is 2. The van der Waals surface area contributed by atoms with Crippen LogP contribution in [-0.4, -0.2) is 17.6 Å². The number of phenols is 1. The molecule has 0 saturated carbocycles. The third kappa shape index (κ3) is 2.34. The van der Waals surface area contributed by atoms with Crippen molar-refractivity contribution in [2.24, 2.45) is 0 Å². The molecule has 1 amide bonds. The molecule has 1 aliphatic heterocycles. The lowest BCUT2D eigenvalue weighted by atomic mass is 10.00. The quantitative estimate of drug-likeness (QED) is 0.872. The lowest BCUT2D eigenvalue weighted by Gasteiger charge is -2.30. The van der Waals surface area contributed by atoms with Crippen molar-refractivity contribution in [3.8, 4) is 11.8 Å². The van der Waals surface area contributed by atoms with Gasteiger partial charge in [0.1, 0.15) is 5.75 Å². The molecule has 0 fully saturated rings. The Morgan fingerprint density at radius 2 is 1.95 bits per heavy atom. The summed E-state index contributed by atoms with van der Waals surface area (Å²) in [5, 5.41) is 18.9. The monoisotopic (exact) mass is 278 g/mol. The highest BCUT2D eigenvalue weighted by atomic mass is 16.3. The Hall–Kier alpha value is -2.80. The van der Waals surface area contributed by atoms with E-state index < -0.39 is 0 Å². The Balaban J connectivity index is 1.98. The number of hydrogen-bond acceptors (Lipinski definition) is 3. The summed E-state index contributed by atoms with van der Waals surface area (Å²) in [5.74, 6) is -0.0175. The van der Waals surface area contributed by atoms with Crippen LogP contribution in [0.5, 0.6) is 5.75 Å². The molecule has 0 saturated heterocycles. The Kier molecular flexibility index (Phi) is 3.33. The second-order valence-electron chi connectivity index (χ2n) is 5.03. The maximum Gasteiger partial charge on any atom is 0.258 e. The molecule has 0 spiro atoms. The number of fused-ring (bicyclic) bond motifs is 1. The smallest absolute Gasteiger partial charge is 0.258 e. The molecule has 4 heteroatoms. The first kappa shape index (κ1) is 13.2. The van der Waals surface area contributed by atoms with Gasteiger partial charge in [-0.3, -0.25) is 4.79 Å². The van der Waals surface area contributed by atoms with Gasteiger partial charge in [-0.1, -0.05) is 12.1 Å². The maximum atomic E-state index is 12.6. The minimum absolute atomic E-state index is 0.134. The van der Waals surface area contributed by atoms with Crippen molar-refractivity contribution < 1.29 is 9.90 Å². The van der Waals surface area contributed by atoms with Crippen LogP contribution in [0.2, 0.25) is 0 Å². The van der Waals surface area contributed by atoms with E-state index in [1.54, 1.807) is 41.3 Å². The van der Waals surface area contributed by atoms with Gasteiger partial charge in [0, 0.05) is 12.1 Å². The molecule has 104 valence electrons. The molecule has 0 bridgehead atoms. The van der Waals surface area contributed by atoms with E-state index in [0.29, 0.717) is 23.4 Å². The summed E-state index contributed by atoms with van der Waals surface area (Å²) in [6.45, 7) is 0.587. The van der Waals surface area contributed by atoms with Crippen LogP contribution in [0.25, 0.3) is 0 Å². The number of carbonyl (C=O) groups is 1. The molecule has 0 radical (unpaired) electrons. The third-order valence-electron chi connectivity index (χ3n) is 3.70. The van der Waals surface area contributed by atoms with Gasteiger partial charge >= 0.3 is 0 Å². The number of carbonyl (C=O) groups excluding carboxylic acids is 1. The number of anilines is 1. The number of rotatable bonds is 1. The van der Waals surface area contributed by atoms with Gasteiger partial charge in [-0.25, -0.2) is 0 Å². The van der Waals surface area contributed by atoms with E-state index in [0.717, 1.165) is 18.4 Å². The fourth-order valence-corrected chi connectivity index (χ4v) is 2.68. The van der Waals surface area contributed by atoms with Crippen molar-refractivity contribution in [1.29, 1.82) is 5.26 Å². The molecule has 0 atom stereocenters. The molecular formula is C17H14N2O2. The topological polar surface area (TPSA) is 64.3 Å². The van der Waals surface area contributed by atoms with Crippen molar-refractivity contribution in [1.82, 2.24) is 0 Å². The van der Waals surface area contributed by atoms with E-state index in [-0.39, 0.29) is 11.7 Å². The lowest BCUT2D eigenvalue weighted by Crippen LogP contribution is -2.35. The maximum absolute atomic E-state index is 12.6. The number of phenolic OH excluding ortho intramolecular Hbond substituents is 1. The van der Waals surface area contributed by atoms with E-state index in [1.165, 1.54) is 0 Å². The molecule has 1 N–H and O–H groups in total. The molecule has 3 rings (SSSR count). The standard InChI is InChI=1S/C17H14N2O2/c18-11-12-6-8-14(9-7-12)17(21)19-10-2-4-13-3-1-5-15(20)16(13)19/h1,3,5-9,20H,2,4,10H2. The van der Waals surface area contributed by atoms with E-state index in [2.05, 4.69) is 0 Å². The van der Waals surface area contributed by atoms with Gasteiger partial charge in [-0.05, 0) is 48.7 Å². The first-order chi connectivity index (χ1) is 10.2. The predicted molar refractivity (Wildman–Crippen MR) is 79.3 cm³/mol. The Bertz CT molecular complexity index is 729. The van der Waals surface area contributed by atoms with Gasteiger partial charge in [0.2, 0.25) is 0 Å². The summed E-state index contributed by atoms with van der Waals surface area (Å²) in [7, 11) is 0. The summed E-state index contributed by atoms with van der Waals surface area (Å²) >= 11 is 0. The zero-order valence-corrected chi connectivity index (χ0v) is 11.4. The molecule has 2 aromatic carbocycles. The van der Waals surface area contributed by atoms with Crippen LogP contribution in [-0.2, 0) is 6.42 Å². The number of para-hydroxylation sites is 1. The second-order valence-corrected chi connectivity index (χ2v) is 5.03. The predicted octanol–water partition coefficient (Wildman–Crippen LogP) is 2.86. The molecule has 1 aliphatic rings. The van der Waals surface area contributed by atoms with Crippen LogP contribution in [0.1, 0.15) is 27.9 Å². The fraction of sp³-hybridized carbons (Fsp3) is 0.176. The van der Waals surface area contributed by atoms with Crippen molar-refractivity contribution in [2.45, 2.75) is 12.8 Å². The fourth-order valence-electron chi connectivity index (χ4n) is 2.68. The Morgan fingerprint density at radius 1 is 1.19 bits per heavy atom. The average Bonchev–Trinajstić information content (AvgIpc) is 2.54. The first-order valence-electron chi connectivity index (χ1n) is 6.83. The van der Waals surface area contributed by atoms with E-state index >= 15 is 0 Å². The van der Waals surface area contributed by atoms with Gasteiger partial charge in [-0.2, -0.15) is 5.26 Å². The number of hydrogen-bond donors (Lipinski definition) is 1. The van der Waals surface area contributed by atoms with E-state index in [9.17, 15) is 9.90 Å². The highest BCUT2D eigenvalue weighted by molar-refractivity contribution is 6.07. The van der Waals surface area contributed by atoms with Gasteiger partial charge in [0.15, 0.2) is 0 Å². The highest BCUT2D eigenvalue weighted by Crippen LogP contribution is 2.36. The van der Waals surface area contributed by atoms with Gasteiger partial charge in [-0.15, -0.1) is 0 Å². The average molecular weight is 278 g/mol. The van der Waals surface area contributed by atoms with Gasteiger partial charge < -0.3 is 10.0 Å². The molecule has 21 heavy (non-hydrogen) atoms. The van der Waals surface area contributed by atoms with Crippen molar-refractivity contribution in [3.63, 3.8) is 0 Å². The van der Waals surface area contributed by atoms with Crippen LogP contribution >= 0.6 is 0 Å². The van der Waals surface area contributed by atoms with Crippen LogP contribution < -0.4 is 4.90 Å². The summed E-state index contributed by atoms with van der Waals surface area (Å²) < 4.78 is 0. The molecular weight excluding hydrogens is 264 g/mol. The largest absolute Gasteiger partial charge is 0.506 e. The summed E-state index contributed by atoms with van der Waals surface area (Å²) in [4.78, 5) is 14.3. The van der Waals surface area contributed by atoms with Crippen molar-refractivity contribution >= 4 is 11.6 Å². The van der Waals surface area contributed by atoms with E-state index in [4.69, 9.17) is 5.26 Å². The molecule has 0 aromatic heterocycles. The van der Waals surface area contributed by atoms with Crippen molar-refractivity contribution in [2.75, 3.05) is 11.4 Å². The molecule has 1 heterocycles. The van der Waals surface area contributed by atoms with Crippen LogP contribution in [0, 0.1) is 11.3 Å². The molecule has 4 nitrogen and oxygen atoms in total. The summed E-state index contributed by atoms with van der Waals surface area (Å²) in [6.07, 6.45) is 1.74. The zero-order chi connectivity index (χ0) is 14.8. The first-order valence-corrected chi connectivity index (χ1v) is 6.83. The highest BCUT2D eigenvalue weighted by Gasteiger charge is 2.26. The van der Waals surface area contributed by atoms with Crippen LogP contribution in [0.3, 0.4) is 0 Å². The Morgan fingerprint density at radius 3 is 2.67 bits per heavy atom. The summed E-state index contributed by atoms with van der Waals surface area (Å²) in [5.41, 5.74) is 2.64. The van der Waals surface area contributed by atoms with Gasteiger partial charge in [0.05, 0.1) is 17.3 Å². The van der Waals surface area contributed by atoms with Gasteiger partial charge in [0.25, 0.3) is 5.91 Å².